The van der Waals surface area contributed by atoms with Gasteiger partial charge in [-0.05, 0) is 47.8 Å². The molecule has 4 heteroatoms. The second-order valence-electron chi connectivity index (χ2n) is 7.00. The molecule has 0 aromatic heterocycles. The van der Waals surface area contributed by atoms with Crippen molar-refractivity contribution in [2.45, 2.75) is 32.4 Å². The van der Waals surface area contributed by atoms with E-state index in [0.717, 1.165) is 26.1 Å². The van der Waals surface area contributed by atoms with E-state index in [1.54, 1.807) is 0 Å². The van der Waals surface area contributed by atoms with E-state index in [1.165, 1.54) is 29.5 Å². The van der Waals surface area contributed by atoms with Crippen LogP contribution in [0.4, 0.5) is 0 Å². The van der Waals surface area contributed by atoms with Gasteiger partial charge in [0.05, 0.1) is 19.1 Å². The molecule has 0 unspecified atom stereocenters. The number of hydrogen-bond donors (Lipinski definition) is 1. The number of carboxylic acid groups (broad SMARTS) is 1. The van der Waals surface area contributed by atoms with Crippen molar-refractivity contribution in [3.63, 3.8) is 0 Å². The van der Waals surface area contributed by atoms with Crippen LogP contribution in [0.2, 0.25) is 0 Å². The van der Waals surface area contributed by atoms with Crippen LogP contribution in [0.5, 0.6) is 0 Å². The van der Waals surface area contributed by atoms with Crippen LogP contribution >= 0.6 is 0 Å². The smallest absolute Gasteiger partial charge is 0.308 e. The molecule has 2 fully saturated rings. The summed E-state index contributed by atoms with van der Waals surface area (Å²) in [5.41, 5.74) is 4.09. The van der Waals surface area contributed by atoms with Gasteiger partial charge in [0.2, 0.25) is 0 Å². The van der Waals surface area contributed by atoms with Crippen LogP contribution in [0.15, 0.2) is 18.2 Å². The number of rotatable bonds is 4. The molecule has 2 heterocycles. The molecule has 4 nitrogen and oxygen atoms in total. The topological polar surface area (TPSA) is 49.8 Å². The van der Waals surface area contributed by atoms with E-state index in [2.05, 4.69) is 23.1 Å². The zero-order valence-electron chi connectivity index (χ0n) is 12.8. The van der Waals surface area contributed by atoms with Crippen LogP contribution in [-0.2, 0) is 29.1 Å². The third-order valence-corrected chi connectivity index (χ3v) is 5.50. The third kappa shape index (κ3) is 2.66. The van der Waals surface area contributed by atoms with Gasteiger partial charge in [0, 0.05) is 19.6 Å². The highest BCUT2D eigenvalue weighted by Crippen LogP contribution is 2.44. The lowest BCUT2D eigenvalue weighted by Gasteiger charge is -2.23. The zero-order chi connectivity index (χ0) is 15.1. The monoisotopic (exact) mass is 301 g/mol. The Morgan fingerprint density at radius 1 is 1.32 bits per heavy atom. The molecule has 118 valence electrons. The lowest BCUT2D eigenvalue weighted by Crippen LogP contribution is -2.24. The molecule has 0 spiro atoms. The van der Waals surface area contributed by atoms with E-state index in [9.17, 15) is 9.90 Å². The highest BCUT2D eigenvalue weighted by atomic mass is 16.5. The summed E-state index contributed by atoms with van der Waals surface area (Å²) in [5.74, 6) is 0.239. The molecular formula is C18H23NO3. The number of aliphatic carboxylic acids is 1. The first-order chi connectivity index (χ1) is 10.7. The summed E-state index contributed by atoms with van der Waals surface area (Å²) in [7, 11) is 0. The van der Waals surface area contributed by atoms with Gasteiger partial charge in [-0.1, -0.05) is 18.2 Å². The molecule has 0 bridgehead atoms. The van der Waals surface area contributed by atoms with Gasteiger partial charge in [-0.3, -0.25) is 9.69 Å². The average Bonchev–Trinajstić information content (AvgIpc) is 3.28. The van der Waals surface area contributed by atoms with Crippen LogP contribution < -0.4 is 0 Å². The number of carbonyl (C=O) groups is 1. The second-order valence-corrected chi connectivity index (χ2v) is 7.00. The first-order valence-electron chi connectivity index (χ1n) is 8.35. The van der Waals surface area contributed by atoms with Gasteiger partial charge in [0.15, 0.2) is 0 Å². The number of fused-ring (bicyclic) bond motifs is 1. The lowest BCUT2D eigenvalue weighted by molar-refractivity contribution is -0.142. The highest BCUT2D eigenvalue weighted by Gasteiger charge is 2.45. The van der Waals surface area contributed by atoms with Crippen LogP contribution in [-0.4, -0.2) is 35.7 Å². The van der Waals surface area contributed by atoms with E-state index in [4.69, 9.17) is 4.74 Å². The average molecular weight is 301 g/mol. The number of nitrogens with zero attached hydrogens (tertiary/aromatic N) is 1. The van der Waals surface area contributed by atoms with Gasteiger partial charge in [-0.15, -0.1) is 0 Å². The molecule has 2 atom stereocenters. The van der Waals surface area contributed by atoms with Crippen molar-refractivity contribution in [3.05, 3.63) is 34.9 Å². The number of benzene rings is 1. The van der Waals surface area contributed by atoms with Crippen molar-refractivity contribution >= 4 is 5.97 Å². The zero-order valence-corrected chi connectivity index (χ0v) is 12.8. The fourth-order valence-corrected chi connectivity index (χ4v) is 4.20. The maximum atomic E-state index is 11.5. The highest BCUT2D eigenvalue weighted by molar-refractivity contribution is 5.71. The Morgan fingerprint density at radius 3 is 2.95 bits per heavy atom. The molecular weight excluding hydrogens is 278 g/mol. The van der Waals surface area contributed by atoms with Crippen molar-refractivity contribution in [3.8, 4) is 0 Å². The number of ether oxygens (including phenoxy) is 1. The summed E-state index contributed by atoms with van der Waals surface area (Å²) in [6.07, 6.45) is 3.43. The van der Waals surface area contributed by atoms with Gasteiger partial charge in [0.1, 0.15) is 0 Å². The molecule has 0 radical (unpaired) electrons. The second kappa shape index (κ2) is 5.67. The predicted octanol–water partition coefficient (Wildman–Crippen LogP) is 2.30. The first kappa shape index (κ1) is 14.2. The first-order valence-corrected chi connectivity index (χ1v) is 8.35. The van der Waals surface area contributed by atoms with Crippen molar-refractivity contribution in [2.24, 2.45) is 17.8 Å². The number of likely N-dealkylation sites (tertiary alicyclic amines) is 1. The summed E-state index contributed by atoms with van der Waals surface area (Å²) in [6.45, 7) is 4.05. The molecule has 4 rings (SSSR count). The Balaban J connectivity index is 1.51. The van der Waals surface area contributed by atoms with Crippen LogP contribution in [0, 0.1) is 17.8 Å². The Bertz CT molecular complexity index is 582. The summed E-state index contributed by atoms with van der Waals surface area (Å²) < 4.78 is 5.53. The quantitative estimate of drug-likeness (QED) is 0.927. The molecule has 1 saturated carbocycles. The fraction of sp³-hybridized carbons (Fsp3) is 0.611. The molecule has 1 N–H and O–H groups in total. The predicted molar refractivity (Wildman–Crippen MR) is 82.4 cm³/mol. The fourth-order valence-electron chi connectivity index (χ4n) is 4.20. The van der Waals surface area contributed by atoms with Crippen LogP contribution in [0.25, 0.3) is 0 Å². The van der Waals surface area contributed by atoms with Crippen molar-refractivity contribution in [1.82, 2.24) is 4.90 Å². The Labute approximate surface area is 131 Å². The SMILES string of the molecule is O=C(O)[C@@H]1CN(Cc2cccc3c2CCOC3)C[C@H]1C1CC1. The van der Waals surface area contributed by atoms with Gasteiger partial charge >= 0.3 is 5.97 Å². The van der Waals surface area contributed by atoms with Crippen LogP contribution in [0.1, 0.15) is 29.5 Å². The molecule has 2 aliphatic heterocycles. The molecule has 1 aromatic rings. The maximum absolute atomic E-state index is 11.5. The van der Waals surface area contributed by atoms with Crippen molar-refractivity contribution in [1.29, 1.82) is 0 Å². The van der Waals surface area contributed by atoms with E-state index in [-0.39, 0.29) is 5.92 Å². The molecule has 0 amide bonds. The number of carboxylic acids is 1. The maximum Gasteiger partial charge on any atom is 0.308 e. The van der Waals surface area contributed by atoms with Gasteiger partial charge in [-0.2, -0.15) is 0 Å². The largest absolute Gasteiger partial charge is 0.481 e. The summed E-state index contributed by atoms with van der Waals surface area (Å²) >= 11 is 0. The Kier molecular flexibility index (Phi) is 3.66. The standard InChI is InChI=1S/C18H23NO3/c20-18(21)17-10-19(9-16(17)12-4-5-12)8-13-2-1-3-14-11-22-7-6-15(13)14/h1-3,12,16-17H,4-11H2,(H,20,21)/t16-,17+/m0/s1. The third-order valence-electron chi connectivity index (χ3n) is 5.50. The van der Waals surface area contributed by atoms with E-state index < -0.39 is 5.97 Å². The van der Waals surface area contributed by atoms with Gasteiger partial charge in [-0.25, -0.2) is 0 Å². The summed E-state index contributed by atoms with van der Waals surface area (Å²) in [6, 6.07) is 6.45. The minimum atomic E-state index is -0.608. The normalized spacial score (nSPS) is 28.5. The molecule has 1 saturated heterocycles. The van der Waals surface area contributed by atoms with E-state index >= 15 is 0 Å². The van der Waals surface area contributed by atoms with E-state index in [1.807, 2.05) is 0 Å². The van der Waals surface area contributed by atoms with E-state index in [0.29, 0.717) is 25.0 Å². The molecule has 1 aliphatic carbocycles. The molecule has 22 heavy (non-hydrogen) atoms. The molecule has 1 aromatic carbocycles. The number of hydrogen-bond acceptors (Lipinski definition) is 3. The summed E-state index contributed by atoms with van der Waals surface area (Å²) in [5, 5.41) is 9.49. The van der Waals surface area contributed by atoms with Crippen molar-refractivity contribution < 1.29 is 14.6 Å². The minimum Gasteiger partial charge on any atom is -0.481 e. The Morgan fingerprint density at radius 2 is 2.18 bits per heavy atom. The van der Waals surface area contributed by atoms with Gasteiger partial charge in [0.25, 0.3) is 0 Å². The lowest BCUT2D eigenvalue weighted by atomic mass is 9.92. The Hall–Kier alpha value is -1.39. The van der Waals surface area contributed by atoms with Gasteiger partial charge < -0.3 is 9.84 Å². The summed E-state index contributed by atoms with van der Waals surface area (Å²) in [4.78, 5) is 13.9. The molecule has 3 aliphatic rings. The minimum absolute atomic E-state index is 0.171. The van der Waals surface area contributed by atoms with Crippen molar-refractivity contribution in [2.75, 3.05) is 19.7 Å². The van der Waals surface area contributed by atoms with Crippen LogP contribution in [0.3, 0.4) is 0 Å².